The number of nitrogens with one attached hydrogen (secondary N) is 1. The number of carbonyl (C=O) groups is 2. The molecule has 5 heteroatoms. The molecule has 1 unspecified atom stereocenters. The number of likely N-dealkylation sites (N-methyl/N-ethyl adjacent to an activating group) is 1. The van der Waals surface area contributed by atoms with Gasteiger partial charge in [-0.2, -0.15) is 0 Å². The molecular weight excluding hydrogens is 340 g/mol. The molecule has 146 valence electrons. The molecule has 2 rings (SSSR count). The number of hydrogen-bond acceptors (Lipinski definition) is 3. The molecule has 0 spiro atoms. The summed E-state index contributed by atoms with van der Waals surface area (Å²) in [6.07, 6.45) is 2.48. The smallest absolute Gasteiger partial charge is 0.289 e. The predicted octanol–water partition coefficient (Wildman–Crippen LogP) is 4.06. The summed E-state index contributed by atoms with van der Waals surface area (Å²) in [5, 5.41) is 3.06. The Hall–Kier alpha value is -2.56. The van der Waals surface area contributed by atoms with Crippen molar-refractivity contribution in [3.8, 4) is 0 Å². The number of benzene rings is 1. The molecule has 0 aliphatic rings. The van der Waals surface area contributed by atoms with E-state index < -0.39 is 0 Å². The van der Waals surface area contributed by atoms with Gasteiger partial charge in [-0.15, -0.1) is 0 Å². The zero-order valence-electron chi connectivity index (χ0n) is 16.9. The fraction of sp³-hybridized carbons (Fsp3) is 0.455. The second-order valence-electron chi connectivity index (χ2n) is 7.77. The van der Waals surface area contributed by atoms with Gasteiger partial charge in [-0.3, -0.25) is 9.59 Å². The fourth-order valence-electron chi connectivity index (χ4n) is 3.06. The van der Waals surface area contributed by atoms with Gasteiger partial charge < -0.3 is 14.6 Å². The van der Waals surface area contributed by atoms with Gasteiger partial charge >= 0.3 is 0 Å². The second kappa shape index (κ2) is 9.40. The van der Waals surface area contributed by atoms with Crippen molar-refractivity contribution in [1.82, 2.24) is 10.2 Å². The SMILES string of the molecule is CC(C)Cc1ccc(C(NC(=O)CN(C)C(=O)c2ccco2)C(C)C)cc1. The average Bonchev–Trinajstić information content (AvgIpc) is 3.13. The maximum atomic E-state index is 12.5. The summed E-state index contributed by atoms with van der Waals surface area (Å²) in [6, 6.07) is 11.6. The van der Waals surface area contributed by atoms with Crippen molar-refractivity contribution in [3.05, 3.63) is 59.5 Å². The van der Waals surface area contributed by atoms with E-state index in [-0.39, 0.29) is 36.1 Å². The summed E-state index contributed by atoms with van der Waals surface area (Å²) >= 11 is 0. The Balaban J connectivity index is 2.00. The molecular formula is C22H30N2O3. The average molecular weight is 370 g/mol. The van der Waals surface area contributed by atoms with Gasteiger partial charge in [0.25, 0.3) is 5.91 Å². The number of rotatable bonds is 8. The van der Waals surface area contributed by atoms with Gasteiger partial charge in [0.1, 0.15) is 0 Å². The summed E-state index contributed by atoms with van der Waals surface area (Å²) in [4.78, 5) is 26.1. The third-order valence-electron chi connectivity index (χ3n) is 4.43. The normalized spacial score (nSPS) is 12.3. The van der Waals surface area contributed by atoms with Crippen LogP contribution in [0, 0.1) is 11.8 Å². The van der Waals surface area contributed by atoms with E-state index in [1.165, 1.54) is 16.7 Å². The van der Waals surface area contributed by atoms with Crippen LogP contribution in [-0.2, 0) is 11.2 Å². The van der Waals surface area contributed by atoms with Crippen molar-refractivity contribution in [3.63, 3.8) is 0 Å². The van der Waals surface area contributed by atoms with Crippen LogP contribution in [-0.4, -0.2) is 30.3 Å². The third kappa shape index (κ3) is 5.98. The highest BCUT2D eigenvalue weighted by Crippen LogP contribution is 2.23. The van der Waals surface area contributed by atoms with Crippen LogP contribution < -0.4 is 5.32 Å². The summed E-state index contributed by atoms with van der Waals surface area (Å²) in [6.45, 7) is 8.53. The van der Waals surface area contributed by atoms with Crippen LogP contribution in [0.15, 0.2) is 47.1 Å². The zero-order valence-corrected chi connectivity index (χ0v) is 16.9. The minimum Gasteiger partial charge on any atom is -0.459 e. The molecule has 0 bridgehead atoms. The summed E-state index contributed by atoms with van der Waals surface area (Å²) < 4.78 is 5.10. The van der Waals surface area contributed by atoms with E-state index in [0.29, 0.717) is 5.92 Å². The Morgan fingerprint density at radius 2 is 1.74 bits per heavy atom. The molecule has 2 amide bonds. The minimum absolute atomic E-state index is 0.0197. The zero-order chi connectivity index (χ0) is 20.0. The van der Waals surface area contributed by atoms with E-state index in [2.05, 4.69) is 57.3 Å². The molecule has 1 heterocycles. The van der Waals surface area contributed by atoms with E-state index in [1.54, 1.807) is 19.2 Å². The molecule has 5 nitrogen and oxygen atoms in total. The van der Waals surface area contributed by atoms with E-state index in [1.807, 2.05) is 0 Å². The summed E-state index contributed by atoms with van der Waals surface area (Å²) in [5.41, 5.74) is 2.37. The van der Waals surface area contributed by atoms with Crippen LogP contribution in [0.4, 0.5) is 0 Å². The lowest BCUT2D eigenvalue weighted by atomic mass is 9.93. The molecule has 1 atom stereocenters. The molecule has 1 N–H and O–H groups in total. The molecule has 0 saturated heterocycles. The Labute approximate surface area is 161 Å². The number of furan rings is 1. The molecule has 2 aromatic rings. The summed E-state index contributed by atoms with van der Waals surface area (Å²) in [7, 11) is 1.59. The second-order valence-corrected chi connectivity index (χ2v) is 7.77. The lowest BCUT2D eigenvalue weighted by Crippen LogP contribution is -2.41. The van der Waals surface area contributed by atoms with Crippen LogP contribution in [0.3, 0.4) is 0 Å². The van der Waals surface area contributed by atoms with Crippen LogP contribution >= 0.6 is 0 Å². The molecule has 0 saturated carbocycles. The molecule has 1 aromatic heterocycles. The van der Waals surface area contributed by atoms with E-state index in [4.69, 9.17) is 4.42 Å². The molecule has 0 fully saturated rings. The Morgan fingerprint density at radius 1 is 1.07 bits per heavy atom. The first-order valence-corrected chi connectivity index (χ1v) is 9.45. The van der Waals surface area contributed by atoms with E-state index >= 15 is 0 Å². The van der Waals surface area contributed by atoms with Crippen LogP contribution in [0.2, 0.25) is 0 Å². The summed E-state index contributed by atoms with van der Waals surface area (Å²) in [5.74, 6) is 0.567. The molecule has 0 radical (unpaired) electrons. The standard InChI is InChI=1S/C22H30N2O3/c1-15(2)13-17-8-10-18(11-9-17)21(16(3)4)23-20(25)14-24(5)22(26)19-7-6-12-27-19/h6-12,15-16,21H,13-14H2,1-5H3,(H,23,25). The topological polar surface area (TPSA) is 62.6 Å². The lowest BCUT2D eigenvalue weighted by Gasteiger charge is -2.25. The van der Waals surface area contributed by atoms with Crippen molar-refractivity contribution >= 4 is 11.8 Å². The highest BCUT2D eigenvalue weighted by atomic mass is 16.3. The predicted molar refractivity (Wildman–Crippen MR) is 106 cm³/mol. The minimum atomic E-state index is -0.311. The Kier molecular flexibility index (Phi) is 7.22. The maximum Gasteiger partial charge on any atom is 0.289 e. The van der Waals surface area contributed by atoms with Crippen molar-refractivity contribution < 1.29 is 14.0 Å². The van der Waals surface area contributed by atoms with Crippen molar-refractivity contribution in [2.75, 3.05) is 13.6 Å². The Bertz CT molecular complexity index is 733. The number of hydrogen-bond donors (Lipinski definition) is 1. The van der Waals surface area contributed by atoms with Crippen LogP contribution in [0.5, 0.6) is 0 Å². The van der Waals surface area contributed by atoms with Crippen molar-refractivity contribution in [2.45, 2.75) is 40.2 Å². The fourth-order valence-corrected chi connectivity index (χ4v) is 3.06. The van der Waals surface area contributed by atoms with Gasteiger partial charge in [-0.25, -0.2) is 0 Å². The molecule has 27 heavy (non-hydrogen) atoms. The molecule has 0 aliphatic carbocycles. The Morgan fingerprint density at radius 3 is 2.26 bits per heavy atom. The monoisotopic (exact) mass is 370 g/mol. The van der Waals surface area contributed by atoms with Gasteiger partial charge in [0.2, 0.25) is 5.91 Å². The van der Waals surface area contributed by atoms with E-state index in [0.717, 1.165) is 12.0 Å². The lowest BCUT2D eigenvalue weighted by molar-refractivity contribution is -0.122. The first kappa shape index (κ1) is 20.7. The molecule has 0 aliphatic heterocycles. The maximum absolute atomic E-state index is 12.5. The van der Waals surface area contributed by atoms with Crippen molar-refractivity contribution in [2.24, 2.45) is 11.8 Å². The van der Waals surface area contributed by atoms with Gasteiger partial charge in [0.15, 0.2) is 5.76 Å². The largest absolute Gasteiger partial charge is 0.459 e. The van der Waals surface area contributed by atoms with Crippen LogP contribution in [0.1, 0.15) is 55.4 Å². The highest BCUT2D eigenvalue weighted by molar-refractivity contribution is 5.94. The number of nitrogens with zero attached hydrogens (tertiary/aromatic N) is 1. The van der Waals surface area contributed by atoms with Gasteiger partial charge in [-0.05, 0) is 41.5 Å². The van der Waals surface area contributed by atoms with Crippen molar-refractivity contribution in [1.29, 1.82) is 0 Å². The highest BCUT2D eigenvalue weighted by Gasteiger charge is 2.22. The number of carbonyl (C=O) groups excluding carboxylic acids is 2. The van der Waals surface area contributed by atoms with Crippen LogP contribution in [0.25, 0.3) is 0 Å². The molecule has 1 aromatic carbocycles. The first-order valence-electron chi connectivity index (χ1n) is 9.45. The van der Waals surface area contributed by atoms with Gasteiger partial charge in [-0.1, -0.05) is 52.0 Å². The van der Waals surface area contributed by atoms with Gasteiger partial charge in [0, 0.05) is 7.05 Å². The quantitative estimate of drug-likeness (QED) is 0.762. The van der Waals surface area contributed by atoms with Gasteiger partial charge in [0.05, 0.1) is 18.8 Å². The first-order chi connectivity index (χ1) is 12.8. The number of amides is 2. The van der Waals surface area contributed by atoms with E-state index in [9.17, 15) is 9.59 Å². The third-order valence-corrected chi connectivity index (χ3v) is 4.43.